The lowest BCUT2D eigenvalue weighted by molar-refractivity contribution is -0.385. The third kappa shape index (κ3) is 3.66. The highest BCUT2D eigenvalue weighted by atomic mass is 35.5. The maximum Gasteiger partial charge on any atom is 0.287 e. The average Bonchev–Trinajstić information content (AvgIpc) is 2.62. The number of pyridine rings is 1. The molecule has 1 N–H and O–H groups in total. The number of benzene rings is 1. The van der Waals surface area contributed by atoms with Crippen LogP contribution in [0.4, 0.5) is 11.5 Å². The number of nitrogens with zero attached hydrogens (tertiary/aromatic N) is 2. The van der Waals surface area contributed by atoms with Crippen LogP contribution in [0.25, 0.3) is 0 Å². The van der Waals surface area contributed by atoms with E-state index in [1.165, 1.54) is 17.8 Å². The molecule has 0 bridgehead atoms. The van der Waals surface area contributed by atoms with Crippen molar-refractivity contribution in [2.24, 2.45) is 0 Å². The number of aromatic nitrogens is 1. The van der Waals surface area contributed by atoms with E-state index in [9.17, 15) is 10.1 Å². The highest BCUT2D eigenvalue weighted by molar-refractivity contribution is 6.30. The minimum atomic E-state index is -0.454. The number of hydrogen-bond acceptors (Lipinski definition) is 5. The van der Waals surface area contributed by atoms with Crippen LogP contribution < -0.4 is 5.32 Å². The molecule has 126 valence electrons. The quantitative estimate of drug-likeness (QED) is 0.657. The summed E-state index contributed by atoms with van der Waals surface area (Å²) in [6.45, 7) is 2.10. The monoisotopic (exact) mass is 347 g/mol. The summed E-state index contributed by atoms with van der Waals surface area (Å²) in [4.78, 5) is 14.4. The molecule has 1 aromatic heterocycles. The van der Waals surface area contributed by atoms with Gasteiger partial charge in [0.25, 0.3) is 5.69 Å². The summed E-state index contributed by atoms with van der Waals surface area (Å²) in [7, 11) is 0. The van der Waals surface area contributed by atoms with Gasteiger partial charge in [-0.25, -0.2) is 4.98 Å². The molecule has 3 rings (SSSR count). The largest absolute Gasteiger partial charge is 0.381 e. The molecule has 0 unspecified atom stereocenters. The highest BCUT2D eigenvalue weighted by Gasteiger charge is 2.34. The van der Waals surface area contributed by atoms with Gasteiger partial charge in [-0.05, 0) is 36.6 Å². The second kappa shape index (κ2) is 7.15. The van der Waals surface area contributed by atoms with E-state index in [2.05, 4.69) is 22.4 Å². The zero-order valence-electron chi connectivity index (χ0n) is 13.1. The molecule has 1 aromatic carbocycles. The molecule has 2 heterocycles. The molecule has 7 heteroatoms. The van der Waals surface area contributed by atoms with E-state index in [1.807, 2.05) is 12.1 Å². The van der Waals surface area contributed by atoms with E-state index < -0.39 is 4.92 Å². The van der Waals surface area contributed by atoms with Crippen LogP contribution in [0.3, 0.4) is 0 Å². The van der Waals surface area contributed by atoms with Crippen LogP contribution in [0, 0.1) is 10.1 Å². The van der Waals surface area contributed by atoms with E-state index in [0.717, 1.165) is 12.8 Å². The number of nitrogens with one attached hydrogen (secondary N) is 1. The van der Waals surface area contributed by atoms with Crippen molar-refractivity contribution in [3.8, 4) is 0 Å². The first-order chi connectivity index (χ1) is 11.6. The van der Waals surface area contributed by atoms with Crippen molar-refractivity contribution in [2.45, 2.75) is 18.3 Å². The number of nitro groups is 1. The summed E-state index contributed by atoms with van der Waals surface area (Å²) >= 11 is 6.00. The van der Waals surface area contributed by atoms with Crippen LogP contribution in [0.15, 0.2) is 42.6 Å². The second-order valence-electron chi connectivity index (χ2n) is 5.91. The van der Waals surface area contributed by atoms with Gasteiger partial charge in [0.1, 0.15) is 12.0 Å². The van der Waals surface area contributed by atoms with Gasteiger partial charge >= 0.3 is 0 Å². The normalized spacial score (nSPS) is 16.5. The van der Waals surface area contributed by atoms with Crippen molar-refractivity contribution >= 4 is 23.1 Å². The Morgan fingerprint density at radius 3 is 2.50 bits per heavy atom. The Bertz CT molecular complexity index is 698. The van der Waals surface area contributed by atoms with Crippen LogP contribution in [0.1, 0.15) is 18.4 Å². The van der Waals surface area contributed by atoms with Crippen LogP contribution in [0.2, 0.25) is 5.02 Å². The van der Waals surface area contributed by atoms with Crippen LogP contribution in [-0.4, -0.2) is 29.7 Å². The van der Waals surface area contributed by atoms with Gasteiger partial charge in [-0.3, -0.25) is 10.1 Å². The maximum absolute atomic E-state index is 10.7. The standard InChI is InChI=1S/C17H18ClN3O3/c18-14-3-1-13(2-4-14)17(7-9-24-10-8-17)12-20-16-6-5-15(11-19-16)21(22)23/h1-6,11H,7-10,12H2,(H,19,20). The van der Waals surface area contributed by atoms with E-state index >= 15 is 0 Å². The Balaban J connectivity index is 1.77. The van der Waals surface area contributed by atoms with Crippen LogP contribution in [0.5, 0.6) is 0 Å². The highest BCUT2D eigenvalue weighted by Crippen LogP contribution is 2.35. The summed E-state index contributed by atoms with van der Waals surface area (Å²) in [5.41, 5.74) is 1.13. The Hall–Kier alpha value is -2.18. The first-order valence-electron chi connectivity index (χ1n) is 7.77. The first-order valence-corrected chi connectivity index (χ1v) is 8.15. The number of hydrogen-bond donors (Lipinski definition) is 1. The Morgan fingerprint density at radius 1 is 1.21 bits per heavy atom. The van der Waals surface area contributed by atoms with E-state index in [-0.39, 0.29) is 11.1 Å². The number of rotatable bonds is 5. The van der Waals surface area contributed by atoms with Crippen molar-refractivity contribution < 1.29 is 9.66 Å². The molecule has 24 heavy (non-hydrogen) atoms. The Morgan fingerprint density at radius 2 is 1.92 bits per heavy atom. The van der Waals surface area contributed by atoms with Gasteiger partial charge in [0.05, 0.1) is 4.92 Å². The number of halogens is 1. The van der Waals surface area contributed by atoms with Crippen molar-refractivity contribution in [3.05, 3.63) is 63.3 Å². The van der Waals surface area contributed by atoms with Gasteiger partial charge < -0.3 is 10.1 Å². The van der Waals surface area contributed by atoms with Crippen molar-refractivity contribution in [2.75, 3.05) is 25.1 Å². The Kier molecular flexibility index (Phi) is 4.97. The zero-order chi connectivity index (χ0) is 17.0. The van der Waals surface area contributed by atoms with E-state index in [4.69, 9.17) is 16.3 Å². The van der Waals surface area contributed by atoms with Gasteiger partial charge in [-0.15, -0.1) is 0 Å². The summed E-state index contributed by atoms with van der Waals surface area (Å²) in [5.74, 6) is 0.625. The fraction of sp³-hybridized carbons (Fsp3) is 0.353. The molecule has 1 saturated heterocycles. The number of anilines is 1. The SMILES string of the molecule is O=[N+]([O-])c1ccc(NCC2(c3ccc(Cl)cc3)CCOCC2)nc1. The van der Waals surface area contributed by atoms with Crippen molar-refractivity contribution in [3.63, 3.8) is 0 Å². The minimum Gasteiger partial charge on any atom is -0.381 e. The topological polar surface area (TPSA) is 77.3 Å². The predicted octanol–water partition coefficient (Wildman–Crippen LogP) is 3.80. The molecule has 0 amide bonds. The molecule has 1 fully saturated rings. The zero-order valence-corrected chi connectivity index (χ0v) is 13.8. The van der Waals surface area contributed by atoms with Gasteiger partial charge in [0.15, 0.2) is 0 Å². The molecular formula is C17H18ClN3O3. The maximum atomic E-state index is 10.7. The number of ether oxygens (including phenoxy) is 1. The van der Waals surface area contributed by atoms with Crippen molar-refractivity contribution in [1.29, 1.82) is 0 Å². The molecule has 0 radical (unpaired) electrons. The third-order valence-corrected chi connectivity index (χ3v) is 4.73. The first kappa shape index (κ1) is 16.7. The van der Waals surface area contributed by atoms with Gasteiger partial charge in [0.2, 0.25) is 0 Å². The molecule has 0 atom stereocenters. The van der Waals surface area contributed by atoms with E-state index in [0.29, 0.717) is 30.6 Å². The van der Waals surface area contributed by atoms with Crippen LogP contribution >= 0.6 is 11.6 Å². The Labute approximate surface area is 145 Å². The fourth-order valence-corrected chi connectivity index (χ4v) is 3.12. The summed E-state index contributed by atoms with van der Waals surface area (Å²) in [5, 5.41) is 14.7. The average molecular weight is 348 g/mol. The van der Waals surface area contributed by atoms with Gasteiger partial charge in [0, 0.05) is 36.3 Å². The lowest BCUT2D eigenvalue weighted by Gasteiger charge is -2.38. The third-order valence-electron chi connectivity index (χ3n) is 4.47. The fourth-order valence-electron chi connectivity index (χ4n) is 2.99. The minimum absolute atomic E-state index is 0.0148. The molecule has 0 saturated carbocycles. The van der Waals surface area contributed by atoms with Gasteiger partial charge in [-0.2, -0.15) is 0 Å². The van der Waals surface area contributed by atoms with Gasteiger partial charge in [-0.1, -0.05) is 23.7 Å². The van der Waals surface area contributed by atoms with Crippen LogP contribution in [-0.2, 0) is 10.2 Å². The van der Waals surface area contributed by atoms with E-state index in [1.54, 1.807) is 6.07 Å². The molecule has 0 aliphatic carbocycles. The smallest absolute Gasteiger partial charge is 0.287 e. The molecule has 1 aliphatic rings. The molecule has 0 spiro atoms. The van der Waals surface area contributed by atoms with Crippen molar-refractivity contribution in [1.82, 2.24) is 4.98 Å². The second-order valence-corrected chi connectivity index (χ2v) is 6.35. The lowest BCUT2D eigenvalue weighted by atomic mass is 9.74. The predicted molar refractivity (Wildman–Crippen MR) is 92.6 cm³/mol. The summed E-state index contributed by atoms with van der Waals surface area (Å²) < 4.78 is 5.52. The molecular weight excluding hydrogens is 330 g/mol. The lowest BCUT2D eigenvalue weighted by Crippen LogP contribution is -2.40. The summed E-state index contributed by atoms with van der Waals surface area (Å²) in [6, 6.07) is 11.0. The molecule has 6 nitrogen and oxygen atoms in total. The molecule has 2 aromatic rings. The summed E-state index contributed by atoms with van der Waals surface area (Å²) in [6.07, 6.45) is 3.06. The molecule has 1 aliphatic heterocycles.